The topological polar surface area (TPSA) is 64.3 Å². The van der Waals surface area contributed by atoms with E-state index >= 15 is 0 Å². The first-order valence-electron chi connectivity index (χ1n) is 5.29. The lowest BCUT2D eigenvalue weighted by Gasteiger charge is -2.20. The van der Waals surface area contributed by atoms with Crippen LogP contribution in [0.15, 0.2) is 48.5 Å². The first-order valence-corrected chi connectivity index (χ1v) is 6.35. The molecule has 2 aromatic rings. The Hall–Kier alpha value is -2.23. The van der Waals surface area contributed by atoms with Gasteiger partial charge in [-0.1, -0.05) is 18.2 Å². The van der Waals surface area contributed by atoms with E-state index in [2.05, 4.69) is 0 Å². The van der Waals surface area contributed by atoms with Gasteiger partial charge in [-0.05, 0) is 30.3 Å². The van der Waals surface area contributed by atoms with E-state index in [0.29, 0.717) is 5.69 Å². The van der Waals surface area contributed by atoms with E-state index in [-0.39, 0.29) is 11.3 Å². The molecule has 0 spiro atoms. The number of rotatable bonds is 3. The van der Waals surface area contributed by atoms with Crippen LogP contribution in [0.1, 0.15) is 5.56 Å². The molecule has 6 heteroatoms. The third-order valence-electron chi connectivity index (χ3n) is 2.44. The zero-order valence-electron chi connectivity index (χ0n) is 9.65. The summed E-state index contributed by atoms with van der Waals surface area (Å²) in [7, 11) is 0. The summed E-state index contributed by atoms with van der Waals surface area (Å²) in [6, 6.07) is 13.7. The molecule has 0 aliphatic rings. The van der Waals surface area contributed by atoms with Gasteiger partial charge in [-0.15, -0.1) is 0 Å². The molecule has 2 rings (SSSR count). The molecule has 1 N–H and O–H groups in total. The Balaban J connectivity index is 2.59. The zero-order chi connectivity index (χ0) is 13.8. The summed E-state index contributed by atoms with van der Waals surface area (Å²) < 4.78 is 35.0. The average molecular weight is 276 g/mol. The Morgan fingerprint density at radius 2 is 1.89 bits per heavy atom. The van der Waals surface area contributed by atoms with Crippen LogP contribution in [0.4, 0.5) is 15.8 Å². The fraction of sp³-hybridized carbons (Fsp3) is 0. The molecule has 0 aliphatic heterocycles. The van der Waals surface area contributed by atoms with Crippen molar-refractivity contribution >= 4 is 22.6 Å². The molecule has 0 saturated heterocycles. The SMILES string of the molecule is N#Cc1cc(F)ccc1N(c1ccccc1)S(=O)O. The van der Waals surface area contributed by atoms with Gasteiger partial charge >= 0.3 is 0 Å². The number of anilines is 2. The number of halogens is 1. The maximum Gasteiger partial charge on any atom is 0.266 e. The van der Waals surface area contributed by atoms with E-state index in [1.54, 1.807) is 30.3 Å². The molecule has 0 saturated carbocycles. The van der Waals surface area contributed by atoms with Crippen molar-refractivity contribution in [3.63, 3.8) is 0 Å². The molecule has 0 radical (unpaired) electrons. The molecule has 0 fully saturated rings. The summed E-state index contributed by atoms with van der Waals surface area (Å²) in [6.45, 7) is 0. The highest BCUT2D eigenvalue weighted by Crippen LogP contribution is 2.29. The molecular formula is C13H9FN2O2S. The lowest BCUT2D eigenvalue weighted by Crippen LogP contribution is -2.20. The number of hydrogen-bond acceptors (Lipinski definition) is 2. The second kappa shape index (κ2) is 5.61. The number of hydrogen-bond donors (Lipinski definition) is 1. The van der Waals surface area contributed by atoms with Gasteiger partial charge in [0.05, 0.1) is 16.9 Å². The predicted octanol–water partition coefficient (Wildman–Crippen LogP) is 2.97. The highest BCUT2D eigenvalue weighted by atomic mass is 32.2. The number of nitrogens with zero attached hydrogens (tertiary/aromatic N) is 2. The smallest absolute Gasteiger partial charge is 0.266 e. The fourth-order valence-corrected chi connectivity index (χ4v) is 2.28. The van der Waals surface area contributed by atoms with Crippen molar-refractivity contribution in [3.05, 3.63) is 59.9 Å². The quantitative estimate of drug-likeness (QED) is 0.876. The third kappa shape index (κ3) is 2.78. The van der Waals surface area contributed by atoms with Crippen LogP contribution in [-0.4, -0.2) is 8.76 Å². The monoisotopic (exact) mass is 276 g/mol. The Kier molecular flexibility index (Phi) is 3.90. The van der Waals surface area contributed by atoms with E-state index in [1.165, 1.54) is 6.07 Å². The van der Waals surface area contributed by atoms with Crippen molar-refractivity contribution in [1.82, 2.24) is 0 Å². The maximum atomic E-state index is 13.1. The number of benzene rings is 2. The van der Waals surface area contributed by atoms with Gasteiger partial charge in [-0.3, -0.25) is 4.55 Å². The summed E-state index contributed by atoms with van der Waals surface area (Å²) in [5.74, 6) is -0.572. The van der Waals surface area contributed by atoms with Gasteiger partial charge in [0.1, 0.15) is 11.9 Å². The van der Waals surface area contributed by atoms with E-state index in [1.807, 2.05) is 6.07 Å². The molecule has 1 atom stereocenters. The first kappa shape index (κ1) is 13.2. The minimum atomic E-state index is -2.36. The Bertz CT molecular complexity index is 655. The minimum absolute atomic E-state index is 0.00810. The summed E-state index contributed by atoms with van der Waals surface area (Å²) in [4.78, 5) is 0. The summed E-state index contributed by atoms with van der Waals surface area (Å²) >= 11 is -2.36. The lowest BCUT2D eigenvalue weighted by molar-refractivity contribution is 0.564. The normalized spacial score (nSPS) is 11.6. The van der Waals surface area contributed by atoms with Crippen LogP contribution in [-0.2, 0) is 11.3 Å². The Morgan fingerprint density at radius 3 is 2.47 bits per heavy atom. The largest absolute Gasteiger partial charge is 0.289 e. The predicted molar refractivity (Wildman–Crippen MR) is 70.5 cm³/mol. The summed E-state index contributed by atoms with van der Waals surface area (Å²) in [6.07, 6.45) is 0. The van der Waals surface area contributed by atoms with E-state index < -0.39 is 17.1 Å². The van der Waals surface area contributed by atoms with Crippen LogP contribution < -0.4 is 4.31 Å². The maximum absolute atomic E-state index is 13.1. The van der Waals surface area contributed by atoms with Crippen molar-refractivity contribution in [2.75, 3.05) is 4.31 Å². The highest BCUT2D eigenvalue weighted by Gasteiger charge is 2.18. The molecule has 0 amide bonds. The third-order valence-corrected chi connectivity index (χ3v) is 3.16. The first-order chi connectivity index (χ1) is 9.13. The minimum Gasteiger partial charge on any atom is -0.289 e. The van der Waals surface area contributed by atoms with Gasteiger partial charge in [-0.2, -0.15) is 5.26 Å². The summed E-state index contributed by atoms with van der Waals surface area (Å²) in [5, 5.41) is 9.00. The number of nitriles is 1. The van der Waals surface area contributed by atoms with Crippen LogP contribution >= 0.6 is 0 Å². The van der Waals surface area contributed by atoms with Gasteiger partial charge in [-0.25, -0.2) is 12.9 Å². The van der Waals surface area contributed by atoms with Crippen LogP contribution in [0.3, 0.4) is 0 Å². The van der Waals surface area contributed by atoms with Crippen LogP contribution in [0, 0.1) is 17.1 Å². The standard InChI is InChI=1S/C13H9FN2O2S/c14-11-6-7-13(10(8-11)9-15)16(19(17)18)12-4-2-1-3-5-12/h1-8H,(H,17,18). The Morgan fingerprint density at radius 1 is 1.21 bits per heavy atom. The van der Waals surface area contributed by atoms with Crippen LogP contribution in [0.25, 0.3) is 0 Å². The molecule has 4 nitrogen and oxygen atoms in total. The Labute approximate surface area is 112 Å². The summed E-state index contributed by atoms with van der Waals surface area (Å²) in [5.41, 5.74) is 0.605. The molecule has 96 valence electrons. The fourth-order valence-electron chi connectivity index (χ4n) is 1.65. The second-order valence-corrected chi connectivity index (χ2v) is 4.46. The highest BCUT2D eigenvalue weighted by molar-refractivity contribution is 7.81. The van der Waals surface area contributed by atoms with Crippen molar-refractivity contribution in [3.8, 4) is 6.07 Å². The van der Waals surface area contributed by atoms with Gasteiger partial charge in [0.15, 0.2) is 0 Å². The van der Waals surface area contributed by atoms with Crippen LogP contribution in [0.2, 0.25) is 0 Å². The van der Waals surface area contributed by atoms with Crippen molar-refractivity contribution < 1.29 is 13.2 Å². The second-order valence-electron chi connectivity index (χ2n) is 3.63. The number of para-hydroxylation sites is 1. The van der Waals surface area contributed by atoms with E-state index in [4.69, 9.17) is 5.26 Å². The molecule has 2 aromatic carbocycles. The molecule has 0 heterocycles. The average Bonchev–Trinajstić information content (AvgIpc) is 2.41. The van der Waals surface area contributed by atoms with Gasteiger partial charge < -0.3 is 0 Å². The van der Waals surface area contributed by atoms with E-state index in [9.17, 15) is 13.2 Å². The van der Waals surface area contributed by atoms with Crippen molar-refractivity contribution in [2.45, 2.75) is 0 Å². The lowest BCUT2D eigenvalue weighted by atomic mass is 10.2. The van der Waals surface area contributed by atoms with Gasteiger partial charge in [0, 0.05) is 0 Å². The van der Waals surface area contributed by atoms with Crippen molar-refractivity contribution in [2.24, 2.45) is 0 Å². The molecular weight excluding hydrogens is 267 g/mol. The molecule has 0 aliphatic carbocycles. The van der Waals surface area contributed by atoms with Gasteiger partial charge in [0.25, 0.3) is 11.3 Å². The van der Waals surface area contributed by atoms with Gasteiger partial charge in [0.2, 0.25) is 0 Å². The zero-order valence-corrected chi connectivity index (χ0v) is 10.5. The molecule has 0 bridgehead atoms. The molecule has 19 heavy (non-hydrogen) atoms. The van der Waals surface area contributed by atoms with E-state index in [0.717, 1.165) is 16.4 Å². The van der Waals surface area contributed by atoms with Crippen molar-refractivity contribution in [1.29, 1.82) is 5.26 Å². The van der Waals surface area contributed by atoms with Crippen LogP contribution in [0.5, 0.6) is 0 Å². The molecule has 1 unspecified atom stereocenters. The molecule has 0 aromatic heterocycles.